The number of rotatable bonds is 6. The molecule has 5 heterocycles. The van der Waals surface area contributed by atoms with Gasteiger partial charge in [0.1, 0.15) is 10.6 Å². The van der Waals surface area contributed by atoms with E-state index in [9.17, 15) is 8.42 Å². The van der Waals surface area contributed by atoms with Crippen LogP contribution in [0.5, 0.6) is 0 Å². The van der Waals surface area contributed by atoms with Crippen molar-refractivity contribution in [3.8, 4) is 11.4 Å². The number of sulfonamides is 1. The third kappa shape index (κ3) is 4.72. The summed E-state index contributed by atoms with van der Waals surface area (Å²) in [6.45, 7) is 9.69. The summed E-state index contributed by atoms with van der Waals surface area (Å²) in [6.07, 6.45) is 1.83. The van der Waals surface area contributed by atoms with Crippen LogP contribution in [0.3, 0.4) is 0 Å². The van der Waals surface area contributed by atoms with Crippen molar-refractivity contribution in [3.63, 3.8) is 0 Å². The van der Waals surface area contributed by atoms with Gasteiger partial charge in [-0.25, -0.2) is 18.4 Å². The van der Waals surface area contributed by atoms with Gasteiger partial charge in [-0.15, -0.1) is 11.3 Å². The average Bonchev–Trinajstić information content (AvgIpc) is 3.55. The first-order valence-electron chi connectivity index (χ1n) is 12.7. The second-order valence-corrected chi connectivity index (χ2v) is 13.4. The predicted molar refractivity (Wildman–Crippen MR) is 146 cm³/mol. The van der Waals surface area contributed by atoms with E-state index in [1.165, 1.54) is 4.88 Å². The van der Waals surface area contributed by atoms with Gasteiger partial charge in [-0.3, -0.25) is 10.00 Å². The second kappa shape index (κ2) is 9.91. The molecule has 1 N–H and O–H groups in total. The van der Waals surface area contributed by atoms with Crippen molar-refractivity contribution in [2.45, 2.75) is 25.6 Å². The Morgan fingerprint density at radius 2 is 1.84 bits per heavy atom. The summed E-state index contributed by atoms with van der Waals surface area (Å²) >= 11 is 1.69. The average molecular weight is 542 g/mol. The van der Waals surface area contributed by atoms with Gasteiger partial charge in [0.15, 0.2) is 5.82 Å². The molecule has 4 aromatic rings. The van der Waals surface area contributed by atoms with Crippen molar-refractivity contribution in [3.05, 3.63) is 35.3 Å². The highest BCUT2D eigenvalue weighted by molar-refractivity contribution is 7.89. The largest absolute Gasteiger partial charge is 0.378 e. The van der Waals surface area contributed by atoms with Crippen LogP contribution in [-0.2, 0) is 21.3 Å². The zero-order chi connectivity index (χ0) is 25.6. The summed E-state index contributed by atoms with van der Waals surface area (Å²) in [5.41, 5.74) is 1.92. The summed E-state index contributed by atoms with van der Waals surface area (Å²) < 4.78 is 32.3. The fourth-order valence-corrected chi connectivity index (χ4v) is 7.33. The molecule has 12 heteroatoms. The minimum Gasteiger partial charge on any atom is -0.378 e. The van der Waals surface area contributed by atoms with Crippen molar-refractivity contribution in [1.82, 2.24) is 29.4 Å². The Kier molecular flexibility index (Phi) is 6.61. The number of fused-ring (bicyclic) bond motifs is 2. The molecule has 37 heavy (non-hydrogen) atoms. The SMILES string of the molecule is CC(C)S(=O)(=O)N1CCN(Cc2cc3c(N4CCOCC4)nc(-c4cccc5[nH]ncc45)nc3s2)CC1. The zero-order valence-electron chi connectivity index (χ0n) is 21.1. The van der Waals surface area contributed by atoms with E-state index in [2.05, 4.69) is 26.1 Å². The maximum atomic E-state index is 12.5. The van der Waals surface area contributed by atoms with E-state index >= 15 is 0 Å². The molecule has 0 atom stereocenters. The number of ether oxygens (including phenoxy) is 1. The van der Waals surface area contributed by atoms with Crippen molar-refractivity contribution in [2.75, 3.05) is 57.4 Å². The maximum absolute atomic E-state index is 12.5. The molecule has 196 valence electrons. The Morgan fingerprint density at radius 3 is 2.59 bits per heavy atom. The summed E-state index contributed by atoms with van der Waals surface area (Å²) in [7, 11) is -3.21. The number of morpholine rings is 1. The van der Waals surface area contributed by atoms with Crippen LogP contribution in [0.25, 0.3) is 32.5 Å². The molecule has 10 nitrogen and oxygen atoms in total. The first-order valence-corrected chi connectivity index (χ1v) is 15.0. The quantitative estimate of drug-likeness (QED) is 0.397. The number of H-pyrrole nitrogens is 1. The van der Waals surface area contributed by atoms with Crippen molar-refractivity contribution in [2.24, 2.45) is 0 Å². The minimum atomic E-state index is -3.21. The lowest BCUT2D eigenvalue weighted by atomic mass is 10.1. The van der Waals surface area contributed by atoms with Crippen LogP contribution in [0.15, 0.2) is 30.5 Å². The fourth-order valence-electron chi connectivity index (χ4n) is 4.99. The number of anilines is 1. The lowest BCUT2D eigenvalue weighted by Crippen LogP contribution is -2.49. The first-order chi connectivity index (χ1) is 17.9. The second-order valence-electron chi connectivity index (χ2n) is 9.81. The van der Waals surface area contributed by atoms with Crippen LogP contribution in [-0.4, -0.2) is 95.5 Å². The number of hydrogen-bond acceptors (Lipinski definition) is 9. The van der Waals surface area contributed by atoms with Crippen LogP contribution in [0.4, 0.5) is 5.82 Å². The number of nitrogens with zero attached hydrogens (tertiary/aromatic N) is 6. The van der Waals surface area contributed by atoms with E-state index in [0.29, 0.717) is 32.1 Å². The van der Waals surface area contributed by atoms with Gasteiger partial charge < -0.3 is 9.64 Å². The fraction of sp³-hybridized carbons (Fsp3) is 0.480. The molecule has 6 rings (SSSR count). The molecule has 0 bridgehead atoms. The Hall–Kier alpha value is -2.64. The standard InChI is InChI=1S/C25H31N7O3S2/c1-17(2)37(33,34)32-8-6-30(7-9-32)16-18-14-20-24(31-10-12-35-13-11-31)27-23(28-25(20)36-18)19-4-3-5-22-21(19)15-26-29-22/h3-5,14-15,17H,6-13,16H2,1-2H3,(H,26,29). The van der Waals surface area contributed by atoms with Crippen molar-refractivity contribution < 1.29 is 13.2 Å². The molecule has 0 spiro atoms. The highest BCUT2D eigenvalue weighted by Crippen LogP contribution is 2.36. The van der Waals surface area contributed by atoms with E-state index < -0.39 is 10.0 Å². The van der Waals surface area contributed by atoms with Gasteiger partial charge in [-0.1, -0.05) is 12.1 Å². The van der Waals surface area contributed by atoms with E-state index in [1.807, 2.05) is 24.4 Å². The Morgan fingerprint density at radius 1 is 1.05 bits per heavy atom. The topological polar surface area (TPSA) is 108 Å². The maximum Gasteiger partial charge on any atom is 0.216 e. The van der Waals surface area contributed by atoms with E-state index in [0.717, 1.165) is 65.2 Å². The number of aromatic nitrogens is 4. The van der Waals surface area contributed by atoms with Crippen LogP contribution in [0.1, 0.15) is 18.7 Å². The van der Waals surface area contributed by atoms with E-state index in [4.69, 9.17) is 14.7 Å². The third-order valence-electron chi connectivity index (χ3n) is 7.13. The molecule has 2 aliphatic heterocycles. The first kappa shape index (κ1) is 24.7. The van der Waals surface area contributed by atoms with E-state index in [-0.39, 0.29) is 5.25 Å². The van der Waals surface area contributed by atoms with Gasteiger partial charge >= 0.3 is 0 Å². The summed E-state index contributed by atoms with van der Waals surface area (Å²) in [4.78, 5) is 16.9. The lowest BCUT2D eigenvalue weighted by molar-refractivity contribution is 0.122. The Labute approximate surface area is 220 Å². The molecule has 2 saturated heterocycles. The highest BCUT2D eigenvalue weighted by Gasteiger charge is 2.29. The molecule has 2 aliphatic rings. The molecule has 3 aromatic heterocycles. The Bertz CT molecular complexity index is 1520. The molecule has 2 fully saturated rings. The van der Waals surface area contributed by atoms with E-state index in [1.54, 1.807) is 29.5 Å². The lowest BCUT2D eigenvalue weighted by Gasteiger charge is -2.34. The van der Waals surface area contributed by atoms with Crippen LogP contribution >= 0.6 is 11.3 Å². The highest BCUT2D eigenvalue weighted by atomic mass is 32.2. The number of piperazine rings is 1. The van der Waals surface area contributed by atoms with Gasteiger partial charge in [0.25, 0.3) is 0 Å². The van der Waals surface area contributed by atoms with Crippen LogP contribution in [0, 0.1) is 0 Å². The number of thiophene rings is 1. The number of nitrogens with one attached hydrogen (secondary N) is 1. The van der Waals surface area contributed by atoms with Gasteiger partial charge in [0.05, 0.1) is 35.6 Å². The molecule has 0 amide bonds. The molecule has 0 aliphatic carbocycles. The smallest absolute Gasteiger partial charge is 0.216 e. The minimum absolute atomic E-state index is 0.388. The molecular weight excluding hydrogens is 510 g/mol. The molecule has 0 radical (unpaired) electrons. The van der Waals surface area contributed by atoms with Crippen LogP contribution < -0.4 is 4.90 Å². The Balaban J connectivity index is 1.31. The number of aromatic amines is 1. The number of hydrogen-bond donors (Lipinski definition) is 1. The van der Waals surface area contributed by atoms with Gasteiger partial charge in [0.2, 0.25) is 10.0 Å². The van der Waals surface area contributed by atoms with Crippen molar-refractivity contribution >= 4 is 48.3 Å². The van der Waals surface area contributed by atoms with Gasteiger partial charge in [-0.2, -0.15) is 9.40 Å². The monoisotopic (exact) mass is 541 g/mol. The molecular formula is C25H31N7O3S2. The summed E-state index contributed by atoms with van der Waals surface area (Å²) in [5, 5.41) is 8.92. The van der Waals surface area contributed by atoms with Gasteiger partial charge in [0, 0.05) is 61.6 Å². The molecule has 0 unspecified atom stereocenters. The molecule has 0 saturated carbocycles. The molecule has 1 aromatic carbocycles. The third-order valence-corrected chi connectivity index (χ3v) is 10.4. The van der Waals surface area contributed by atoms with Crippen LogP contribution in [0.2, 0.25) is 0 Å². The van der Waals surface area contributed by atoms with Gasteiger partial charge in [-0.05, 0) is 26.0 Å². The summed E-state index contributed by atoms with van der Waals surface area (Å²) in [5.74, 6) is 1.64. The predicted octanol–water partition coefficient (Wildman–Crippen LogP) is 2.93. The normalized spacial score (nSPS) is 18.4. The van der Waals surface area contributed by atoms with Crippen molar-refractivity contribution in [1.29, 1.82) is 0 Å². The number of benzene rings is 1. The summed E-state index contributed by atoms with van der Waals surface area (Å²) in [6, 6.07) is 8.25. The zero-order valence-corrected chi connectivity index (χ0v) is 22.7.